The number of hydrogen-bond acceptors (Lipinski definition) is 6. The summed E-state index contributed by atoms with van der Waals surface area (Å²) in [5, 5.41) is 18.1. The number of rotatable bonds is 11. The molecule has 216 valence electrons. The van der Waals surface area contributed by atoms with Gasteiger partial charge in [0.1, 0.15) is 23.9 Å². The number of fused-ring (bicyclic) bond motifs is 1. The van der Waals surface area contributed by atoms with Crippen molar-refractivity contribution in [2.75, 3.05) is 24.9 Å². The maximum absolute atomic E-state index is 12.9. The van der Waals surface area contributed by atoms with Crippen LogP contribution in [-0.2, 0) is 40.1 Å². The van der Waals surface area contributed by atoms with Gasteiger partial charge in [-0.15, -0.1) is 0 Å². The molecule has 0 fully saturated rings. The van der Waals surface area contributed by atoms with Gasteiger partial charge in [0.25, 0.3) is 0 Å². The molecule has 0 aliphatic heterocycles. The first-order chi connectivity index (χ1) is 19.5. The SMILES string of the molecule is Cc1cc(CC(NC(=O)OC(C)(C)C)c2nccn2Cc2cccc(C#N)c2)cc2cn(COCC[S+](C)C)nc12. The first-order valence-corrected chi connectivity index (χ1v) is 15.8. The number of carbonyl (C=O) groups excluding carboxylic acids is 1. The van der Waals surface area contributed by atoms with Crippen molar-refractivity contribution in [1.29, 1.82) is 5.26 Å². The Labute approximate surface area is 244 Å². The molecule has 0 radical (unpaired) electrons. The highest BCUT2D eigenvalue weighted by molar-refractivity contribution is 7.95. The molecule has 0 aliphatic carbocycles. The lowest BCUT2D eigenvalue weighted by Crippen LogP contribution is -2.37. The van der Waals surface area contributed by atoms with E-state index in [0.29, 0.717) is 48.6 Å². The maximum atomic E-state index is 12.9. The molecule has 10 heteroatoms. The molecule has 41 heavy (non-hydrogen) atoms. The van der Waals surface area contributed by atoms with Crippen molar-refractivity contribution in [3.05, 3.63) is 83.1 Å². The molecule has 0 spiro atoms. The van der Waals surface area contributed by atoms with Gasteiger partial charge in [-0.1, -0.05) is 18.2 Å². The van der Waals surface area contributed by atoms with Gasteiger partial charge in [-0.3, -0.25) is 0 Å². The van der Waals surface area contributed by atoms with E-state index in [1.54, 1.807) is 12.3 Å². The Balaban J connectivity index is 1.60. The van der Waals surface area contributed by atoms with Crippen molar-refractivity contribution in [3.63, 3.8) is 0 Å². The lowest BCUT2D eigenvalue weighted by Gasteiger charge is -2.24. The van der Waals surface area contributed by atoms with Gasteiger partial charge in [-0.05, 0) is 73.5 Å². The topological polar surface area (TPSA) is 107 Å². The Morgan fingerprint density at radius 3 is 2.73 bits per heavy atom. The second-order valence-corrected chi connectivity index (χ2v) is 13.8. The highest BCUT2D eigenvalue weighted by atomic mass is 32.2. The number of amides is 1. The van der Waals surface area contributed by atoms with Crippen LogP contribution in [0.25, 0.3) is 10.9 Å². The maximum Gasteiger partial charge on any atom is 0.408 e. The molecular formula is C31H39N6O3S+. The summed E-state index contributed by atoms with van der Waals surface area (Å²) in [5.74, 6) is 1.74. The Bertz CT molecular complexity index is 1530. The summed E-state index contributed by atoms with van der Waals surface area (Å²) in [7, 11) is 0.348. The number of nitrogens with zero attached hydrogens (tertiary/aromatic N) is 5. The minimum atomic E-state index is -0.635. The number of nitriles is 1. The summed E-state index contributed by atoms with van der Waals surface area (Å²) >= 11 is 0. The predicted octanol–water partition coefficient (Wildman–Crippen LogP) is 5.12. The van der Waals surface area contributed by atoms with Crippen LogP contribution < -0.4 is 5.32 Å². The van der Waals surface area contributed by atoms with E-state index in [1.165, 1.54) is 0 Å². The third-order valence-corrected chi connectivity index (χ3v) is 7.35. The number of benzene rings is 2. The lowest BCUT2D eigenvalue weighted by molar-refractivity contribution is 0.0500. The van der Waals surface area contributed by atoms with Gasteiger partial charge in [0.2, 0.25) is 0 Å². The fourth-order valence-electron chi connectivity index (χ4n) is 4.60. The molecule has 1 unspecified atom stereocenters. The van der Waals surface area contributed by atoms with E-state index in [2.05, 4.69) is 41.0 Å². The van der Waals surface area contributed by atoms with Crippen LogP contribution in [0.15, 0.2) is 55.0 Å². The van der Waals surface area contributed by atoms with E-state index in [4.69, 9.17) is 14.6 Å². The Morgan fingerprint density at radius 1 is 1.20 bits per heavy atom. The van der Waals surface area contributed by atoms with E-state index >= 15 is 0 Å². The van der Waals surface area contributed by atoms with Crippen molar-refractivity contribution < 1.29 is 14.3 Å². The molecule has 1 N–H and O–H groups in total. The zero-order chi connectivity index (χ0) is 29.6. The van der Waals surface area contributed by atoms with Crippen LogP contribution in [0.5, 0.6) is 0 Å². The minimum Gasteiger partial charge on any atom is -0.444 e. The average molecular weight is 576 g/mol. The van der Waals surface area contributed by atoms with Crippen molar-refractivity contribution in [2.24, 2.45) is 0 Å². The standard InChI is InChI=1S/C31H38N6O3S/c1-22-14-25(16-26-20-37(35-28(22)26)21-39-12-13-41(5)6)17-27(34-30(38)40-31(2,3)4)29-33-10-11-36(29)19-24-9-7-8-23(15-24)18-32/h7-11,14-16,20,27H,12-13,17,19,21H2,1-6H3/p+1. The quantitative estimate of drug-likeness (QED) is 0.197. The Kier molecular flexibility index (Phi) is 9.73. The number of nitrogens with one attached hydrogen (secondary N) is 1. The highest BCUT2D eigenvalue weighted by Gasteiger charge is 2.24. The largest absolute Gasteiger partial charge is 0.444 e. The molecule has 0 aliphatic rings. The molecule has 1 amide bonds. The van der Waals surface area contributed by atoms with Crippen LogP contribution >= 0.6 is 0 Å². The number of imidazole rings is 1. The second-order valence-electron chi connectivity index (χ2n) is 11.4. The van der Waals surface area contributed by atoms with Gasteiger partial charge in [-0.25, -0.2) is 14.5 Å². The third-order valence-electron chi connectivity index (χ3n) is 6.36. The lowest BCUT2D eigenvalue weighted by atomic mass is 10.0. The number of aryl methyl sites for hydroxylation is 1. The van der Waals surface area contributed by atoms with E-state index in [-0.39, 0.29) is 0 Å². The smallest absolute Gasteiger partial charge is 0.408 e. The van der Waals surface area contributed by atoms with E-state index < -0.39 is 17.7 Å². The fourth-order valence-corrected chi connectivity index (χ4v) is 5.05. The van der Waals surface area contributed by atoms with E-state index in [0.717, 1.165) is 33.3 Å². The molecule has 1 atom stereocenters. The molecule has 0 bridgehead atoms. The summed E-state index contributed by atoms with van der Waals surface area (Å²) in [4.78, 5) is 17.6. The zero-order valence-electron chi connectivity index (χ0n) is 24.7. The predicted molar refractivity (Wildman–Crippen MR) is 163 cm³/mol. The fraction of sp³-hybridized carbons (Fsp3) is 0.419. The van der Waals surface area contributed by atoms with Gasteiger partial charge in [0.05, 0.1) is 42.3 Å². The zero-order valence-corrected chi connectivity index (χ0v) is 25.5. The summed E-state index contributed by atoms with van der Waals surface area (Å²) in [6.45, 7) is 9.20. The Hall–Kier alpha value is -3.81. The molecule has 2 aromatic carbocycles. The molecule has 2 heterocycles. The normalized spacial score (nSPS) is 12.4. The van der Waals surface area contributed by atoms with Crippen molar-refractivity contribution in [1.82, 2.24) is 24.6 Å². The van der Waals surface area contributed by atoms with Gasteiger partial charge in [0.15, 0.2) is 0 Å². The van der Waals surface area contributed by atoms with Crippen LogP contribution in [0, 0.1) is 18.3 Å². The minimum absolute atomic E-state index is 0.348. The van der Waals surface area contributed by atoms with E-state index in [1.807, 2.05) is 67.5 Å². The van der Waals surface area contributed by atoms with Gasteiger partial charge < -0.3 is 19.4 Å². The summed E-state index contributed by atoms with van der Waals surface area (Å²) in [6, 6.07) is 13.4. The molecule has 0 saturated heterocycles. The second kappa shape index (κ2) is 13.2. The van der Waals surface area contributed by atoms with Crippen molar-refractivity contribution in [3.8, 4) is 6.07 Å². The number of ether oxygens (including phenoxy) is 2. The number of aromatic nitrogens is 4. The molecule has 4 aromatic rings. The molecule has 4 rings (SSSR count). The third kappa shape index (κ3) is 8.59. The molecular weight excluding hydrogens is 536 g/mol. The Morgan fingerprint density at radius 2 is 2.00 bits per heavy atom. The van der Waals surface area contributed by atoms with Crippen LogP contribution in [0.2, 0.25) is 0 Å². The van der Waals surface area contributed by atoms with Gasteiger partial charge in [-0.2, -0.15) is 10.4 Å². The van der Waals surface area contributed by atoms with Crippen LogP contribution in [0.1, 0.15) is 54.9 Å². The summed E-state index contributed by atoms with van der Waals surface area (Å²) < 4.78 is 15.3. The highest BCUT2D eigenvalue weighted by Crippen LogP contribution is 2.25. The number of alkyl carbamates (subject to hydrolysis) is 1. The number of carbonyl (C=O) groups is 1. The van der Waals surface area contributed by atoms with E-state index in [9.17, 15) is 10.1 Å². The molecule has 9 nitrogen and oxygen atoms in total. The van der Waals surface area contributed by atoms with Crippen molar-refractivity contribution >= 4 is 27.9 Å². The van der Waals surface area contributed by atoms with Crippen molar-refractivity contribution in [2.45, 2.75) is 59.0 Å². The molecule has 2 aromatic heterocycles. The summed E-state index contributed by atoms with van der Waals surface area (Å²) in [6.07, 6.45) is 10.0. The first kappa shape index (κ1) is 30.2. The first-order valence-electron chi connectivity index (χ1n) is 13.6. The van der Waals surface area contributed by atoms with Crippen LogP contribution in [0.4, 0.5) is 4.79 Å². The average Bonchev–Trinajstić information content (AvgIpc) is 3.52. The number of hydrogen-bond donors (Lipinski definition) is 1. The van der Waals surface area contributed by atoms with Gasteiger partial charge in [0, 0.05) is 36.9 Å². The van der Waals surface area contributed by atoms with Crippen LogP contribution in [-0.4, -0.2) is 55.9 Å². The monoisotopic (exact) mass is 575 g/mol. The van der Waals surface area contributed by atoms with Gasteiger partial charge >= 0.3 is 6.09 Å². The molecule has 0 saturated carbocycles. The summed E-state index contributed by atoms with van der Waals surface area (Å²) in [5.41, 5.74) is 3.95. The van der Waals surface area contributed by atoms with Crippen LogP contribution in [0.3, 0.4) is 0 Å².